The minimum Gasteiger partial charge on any atom is -0.289 e. The zero-order valence-electron chi connectivity index (χ0n) is 32.1. The molecule has 1 heteroatoms. The van der Waals surface area contributed by atoms with Crippen molar-refractivity contribution < 1.29 is 4.79 Å². The zero-order chi connectivity index (χ0) is 38.8. The molecule has 0 atom stereocenters. The molecule has 0 amide bonds. The Labute approximate surface area is 339 Å². The van der Waals surface area contributed by atoms with Gasteiger partial charge in [0.05, 0.1) is 0 Å². The smallest absolute Gasteiger partial charge is 0.189 e. The topological polar surface area (TPSA) is 17.1 Å². The van der Waals surface area contributed by atoms with Crippen molar-refractivity contribution >= 4 is 27.3 Å². The van der Waals surface area contributed by atoms with Gasteiger partial charge in [-0.15, -0.1) is 0 Å². The molecule has 0 bridgehead atoms. The molecule has 0 fully saturated rings. The first kappa shape index (κ1) is 35.1. The minimum absolute atomic E-state index is 0.0978. The molecular weight excluding hydrogens is 701 g/mol. The van der Waals surface area contributed by atoms with Gasteiger partial charge in [-0.2, -0.15) is 0 Å². The van der Waals surface area contributed by atoms with E-state index in [-0.39, 0.29) is 5.78 Å². The zero-order valence-corrected chi connectivity index (χ0v) is 32.1. The third-order valence-corrected chi connectivity index (χ3v) is 11.6. The highest BCUT2D eigenvalue weighted by atomic mass is 16.1. The van der Waals surface area contributed by atoms with E-state index in [1.54, 1.807) is 0 Å². The number of allylic oxidation sites excluding steroid dienone is 4. The van der Waals surface area contributed by atoms with Gasteiger partial charge in [0.1, 0.15) is 0 Å². The Kier molecular flexibility index (Phi) is 9.25. The molecule has 58 heavy (non-hydrogen) atoms. The van der Waals surface area contributed by atoms with Crippen molar-refractivity contribution in [1.29, 1.82) is 0 Å². The number of carbonyl (C=O) groups is 1. The second kappa shape index (κ2) is 15.3. The number of hydrogen-bond donors (Lipinski definition) is 0. The molecule has 0 spiro atoms. The lowest BCUT2D eigenvalue weighted by molar-refractivity contribution is 0.103. The maximum Gasteiger partial charge on any atom is 0.189 e. The number of rotatable bonds is 8. The van der Waals surface area contributed by atoms with Crippen LogP contribution in [-0.4, -0.2) is 5.78 Å². The van der Waals surface area contributed by atoms with Crippen molar-refractivity contribution in [3.63, 3.8) is 0 Å². The molecule has 0 unspecified atom stereocenters. The predicted octanol–water partition coefficient (Wildman–Crippen LogP) is 15.5. The largest absolute Gasteiger partial charge is 0.289 e. The highest BCUT2D eigenvalue weighted by Gasteiger charge is 2.19. The van der Waals surface area contributed by atoms with Gasteiger partial charge in [-0.25, -0.2) is 0 Å². The standard InChI is InChI=1S/C57H40O/c58-57(46-18-5-2-6-19-46)48-23-11-22-47(36-48)49-37-54(43-32-28-41(29-33-43)52-26-12-20-39-14-7-9-24-50(39)52)56(45-16-3-1-4-17-45)55(38-49)44-34-30-42(31-35-44)53-27-13-21-40-15-8-10-25-51(40)53/h1-5,7-18,20-38H,6,19H2. The summed E-state index contributed by atoms with van der Waals surface area (Å²) in [7, 11) is 0. The molecule has 0 saturated heterocycles. The molecule has 1 aliphatic rings. The van der Waals surface area contributed by atoms with Crippen LogP contribution in [0, 0.1) is 0 Å². The summed E-state index contributed by atoms with van der Waals surface area (Å²) in [4.78, 5) is 13.8. The number of carbonyl (C=O) groups excluding carboxylic acids is 1. The summed E-state index contributed by atoms with van der Waals surface area (Å²) in [5.74, 6) is 0.0978. The Morgan fingerprint density at radius 3 is 1.41 bits per heavy atom. The number of Topliss-reactive ketones (excluding diaryl/α,β-unsaturated/α-hetero) is 1. The first-order valence-corrected chi connectivity index (χ1v) is 20.1. The molecule has 10 rings (SSSR count). The van der Waals surface area contributed by atoms with E-state index >= 15 is 0 Å². The number of ketones is 1. The van der Waals surface area contributed by atoms with Gasteiger partial charge in [-0.1, -0.05) is 200 Å². The predicted molar refractivity (Wildman–Crippen MR) is 245 cm³/mol. The van der Waals surface area contributed by atoms with Gasteiger partial charge in [0.25, 0.3) is 0 Å². The Balaban J connectivity index is 1.16. The van der Waals surface area contributed by atoms with Crippen LogP contribution in [0.3, 0.4) is 0 Å². The second-order valence-electron chi connectivity index (χ2n) is 15.1. The quantitative estimate of drug-likeness (QED) is 0.142. The van der Waals surface area contributed by atoms with Crippen molar-refractivity contribution in [2.24, 2.45) is 0 Å². The van der Waals surface area contributed by atoms with E-state index in [2.05, 4.69) is 194 Å². The molecule has 0 heterocycles. The number of hydrogen-bond acceptors (Lipinski definition) is 1. The maximum absolute atomic E-state index is 13.8. The molecular formula is C57H40O. The lowest BCUT2D eigenvalue weighted by Gasteiger charge is -2.20. The highest BCUT2D eigenvalue weighted by Crippen LogP contribution is 2.45. The minimum atomic E-state index is 0.0978. The van der Waals surface area contributed by atoms with Crippen LogP contribution in [0.1, 0.15) is 23.2 Å². The van der Waals surface area contributed by atoms with Crippen molar-refractivity contribution in [1.82, 2.24) is 0 Å². The lowest BCUT2D eigenvalue weighted by atomic mass is 9.83. The van der Waals surface area contributed by atoms with Crippen LogP contribution in [0.4, 0.5) is 0 Å². The third-order valence-electron chi connectivity index (χ3n) is 11.6. The SMILES string of the molecule is O=C(C1=CC=CCC1)c1cccc(-c2cc(-c3ccc(-c4cccc5ccccc45)cc3)c(-c3ccccc3)c(-c3ccc(-c4cccc5ccccc45)cc3)c2)c1. The van der Waals surface area contributed by atoms with Crippen molar-refractivity contribution in [2.75, 3.05) is 0 Å². The molecule has 0 radical (unpaired) electrons. The molecule has 9 aromatic rings. The molecule has 0 N–H and O–H groups in total. The first-order chi connectivity index (χ1) is 28.7. The van der Waals surface area contributed by atoms with Crippen LogP contribution in [0.5, 0.6) is 0 Å². The molecule has 9 aromatic carbocycles. The first-order valence-electron chi connectivity index (χ1n) is 20.1. The number of benzene rings is 9. The fourth-order valence-corrected chi connectivity index (χ4v) is 8.61. The van der Waals surface area contributed by atoms with Gasteiger partial charge in [-0.3, -0.25) is 4.79 Å². The lowest BCUT2D eigenvalue weighted by Crippen LogP contribution is -2.05. The van der Waals surface area contributed by atoms with E-state index in [4.69, 9.17) is 0 Å². The summed E-state index contributed by atoms with van der Waals surface area (Å²) in [6.07, 6.45) is 7.74. The molecule has 0 aromatic heterocycles. The van der Waals surface area contributed by atoms with E-state index in [0.717, 1.165) is 57.4 Å². The van der Waals surface area contributed by atoms with E-state index < -0.39 is 0 Å². The Morgan fingerprint density at radius 2 is 0.862 bits per heavy atom. The van der Waals surface area contributed by atoms with E-state index in [0.29, 0.717) is 5.56 Å². The summed E-state index contributed by atoms with van der Waals surface area (Å²) in [6.45, 7) is 0. The summed E-state index contributed by atoms with van der Waals surface area (Å²) in [5.41, 5.74) is 15.3. The van der Waals surface area contributed by atoms with E-state index in [1.165, 1.54) is 49.4 Å². The summed E-state index contributed by atoms with van der Waals surface area (Å²) >= 11 is 0. The fraction of sp³-hybridized carbons (Fsp3) is 0.0351. The average Bonchev–Trinajstić information content (AvgIpc) is 3.31. The molecule has 274 valence electrons. The monoisotopic (exact) mass is 740 g/mol. The van der Waals surface area contributed by atoms with Crippen molar-refractivity contribution in [3.05, 3.63) is 230 Å². The third kappa shape index (κ3) is 6.67. The average molecular weight is 741 g/mol. The van der Waals surface area contributed by atoms with Gasteiger partial charge in [-0.05, 0) is 119 Å². The van der Waals surface area contributed by atoms with Crippen molar-refractivity contribution in [3.8, 4) is 66.8 Å². The van der Waals surface area contributed by atoms with Gasteiger partial charge in [0, 0.05) is 11.1 Å². The summed E-state index contributed by atoms with van der Waals surface area (Å²) < 4.78 is 0. The molecule has 0 saturated carbocycles. The Hall–Kier alpha value is -7.35. The van der Waals surface area contributed by atoms with E-state index in [9.17, 15) is 4.79 Å². The van der Waals surface area contributed by atoms with Crippen LogP contribution < -0.4 is 0 Å². The van der Waals surface area contributed by atoms with Gasteiger partial charge in [0.15, 0.2) is 5.78 Å². The van der Waals surface area contributed by atoms with Crippen LogP contribution in [-0.2, 0) is 0 Å². The van der Waals surface area contributed by atoms with Crippen LogP contribution in [0.25, 0.3) is 88.3 Å². The van der Waals surface area contributed by atoms with E-state index in [1.807, 2.05) is 24.3 Å². The van der Waals surface area contributed by atoms with Crippen LogP contribution >= 0.6 is 0 Å². The summed E-state index contributed by atoms with van der Waals surface area (Å²) in [5, 5.41) is 4.95. The van der Waals surface area contributed by atoms with Gasteiger partial charge >= 0.3 is 0 Å². The van der Waals surface area contributed by atoms with Crippen LogP contribution in [0.2, 0.25) is 0 Å². The van der Waals surface area contributed by atoms with Gasteiger partial charge < -0.3 is 0 Å². The molecule has 1 nitrogen and oxygen atoms in total. The second-order valence-corrected chi connectivity index (χ2v) is 15.1. The summed E-state index contributed by atoms with van der Waals surface area (Å²) in [6, 6.07) is 71.8. The van der Waals surface area contributed by atoms with Crippen LogP contribution in [0.15, 0.2) is 224 Å². The van der Waals surface area contributed by atoms with Crippen molar-refractivity contribution in [2.45, 2.75) is 12.8 Å². The fourth-order valence-electron chi connectivity index (χ4n) is 8.61. The molecule has 1 aliphatic carbocycles. The molecule has 0 aliphatic heterocycles. The number of fused-ring (bicyclic) bond motifs is 2. The maximum atomic E-state index is 13.8. The highest BCUT2D eigenvalue weighted by molar-refractivity contribution is 6.10. The Morgan fingerprint density at radius 1 is 0.379 bits per heavy atom. The Bertz CT molecular complexity index is 2880. The normalized spacial score (nSPS) is 12.4. The van der Waals surface area contributed by atoms with Gasteiger partial charge in [0.2, 0.25) is 0 Å².